The van der Waals surface area contributed by atoms with Crippen molar-refractivity contribution < 1.29 is 0 Å². The van der Waals surface area contributed by atoms with E-state index in [1.165, 1.54) is 0 Å². The minimum Gasteiger partial charge on any atom is -0.352 e. The lowest BCUT2D eigenvalue weighted by molar-refractivity contribution is 1.30. The second-order valence-corrected chi connectivity index (χ2v) is 4.23. The summed E-state index contributed by atoms with van der Waals surface area (Å²) in [5, 5.41) is 1.12. The van der Waals surface area contributed by atoms with Gasteiger partial charge in [0.2, 0.25) is 0 Å². The summed E-state index contributed by atoms with van der Waals surface area (Å²) in [5.41, 5.74) is 4.80. The van der Waals surface area contributed by atoms with E-state index in [1.807, 2.05) is 36.5 Å². The standard InChI is InChI=1S/C14H10N4/c1-2-10-12(15-6-1)8-13(17-10)11-4-3-9-5-7-16-14(9)18-11/h1-8,17H,(H,16,18). The van der Waals surface area contributed by atoms with Gasteiger partial charge in [-0.05, 0) is 36.4 Å². The summed E-state index contributed by atoms with van der Waals surface area (Å²) < 4.78 is 0. The molecule has 0 saturated heterocycles. The number of rotatable bonds is 1. The molecular formula is C14H10N4. The van der Waals surface area contributed by atoms with Crippen LogP contribution in [0, 0.1) is 0 Å². The average Bonchev–Trinajstić information content (AvgIpc) is 3.04. The van der Waals surface area contributed by atoms with Gasteiger partial charge >= 0.3 is 0 Å². The number of fused-ring (bicyclic) bond motifs is 2. The van der Waals surface area contributed by atoms with Gasteiger partial charge in [0.15, 0.2) is 0 Å². The van der Waals surface area contributed by atoms with Crippen molar-refractivity contribution in [3.8, 4) is 11.4 Å². The van der Waals surface area contributed by atoms with Gasteiger partial charge in [0.25, 0.3) is 0 Å². The molecule has 0 bridgehead atoms. The van der Waals surface area contributed by atoms with E-state index in [2.05, 4.69) is 26.0 Å². The van der Waals surface area contributed by atoms with E-state index in [4.69, 9.17) is 0 Å². The highest BCUT2D eigenvalue weighted by molar-refractivity contribution is 5.84. The molecular weight excluding hydrogens is 224 g/mol. The van der Waals surface area contributed by atoms with Crippen LogP contribution in [0.5, 0.6) is 0 Å². The zero-order valence-corrected chi connectivity index (χ0v) is 9.51. The van der Waals surface area contributed by atoms with Gasteiger partial charge in [-0.15, -0.1) is 0 Å². The van der Waals surface area contributed by atoms with Crippen LogP contribution in [-0.2, 0) is 0 Å². The number of nitrogens with one attached hydrogen (secondary N) is 2. The third kappa shape index (κ3) is 1.32. The van der Waals surface area contributed by atoms with Crippen molar-refractivity contribution in [3.05, 3.63) is 48.8 Å². The number of nitrogens with zero attached hydrogens (tertiary/aromatic N) is 2. The van der Waals surface area contributed by atoms with Crippen molar-refractivity contribution in [2.24, 2.45) is 0 Å². The van der Waals surface area contributed by atoms with Crippen LogP contribution >= 0.6 is 0 Å². The molecule has 4 rings (SSSR count). The highest BCUT2D eigenvalue weighted by Crippen LogP contribution is 2.22. The molecule has 0 unspecified atom stereocenters. The summed E-state index contributed by atoms with van der Waals surface area (Å²) in [6.45, 7) is 0. The molecule has 0 aliphatic rings. The second-order valence-electron chi connectivity index (χ2n) is 4.23. The molecule has 0 aliphatic carbocycles. The second kappa shape index (κ2) is 3.43. The van der Waals surface area contributed by atoms with E-state index in [-0.39, 0.29) is 0 Å². The van der Waals surface area contributed by atoms with Gasteiger partial charge in [-0.2, -0.15) is 0 Å². The number of hydrogen-bond donors (Lipinski definition) is 2. The zero-order chi connectivity index (χ0) is 11.9. The van der Waals surface area contributed by atoms with Gasteiger partial charge in [-0.1, -0.05) is 0 Å². The van der Waals surface area contributed by atoms with Crippen LogP contribution in [0.3, 0.4) is 0 Å². The van der Waals surface area contributed by atoms with Gasteiger partial charge in [-0.25, -0.2) is 4.98 Å². The Bertz CT molecular complexity index is 808. The van der Waals surface area contributed by atoms with E-state index >= 15 is 0 Å². The Morgan fingerprint density at radius 1 is 1.06 bits per heavy atom. The van der Waals surface area contributed by atoms with Crippen LogP contribution in [0.1, 0.15) is 0 Å². The lowest BCUT2D eigenvalue weighted by Crippen LogP contribution is -1.83. The molecule has 4 nitrogen and oxygen atoms in total. The fraction of sp³-hybridized carbons (Fsp3) is 0. The number of aromatic nitrogens is 4. The maximum atomic E-state index is 4.59. The Morgan fingerprint density at radius 2 is 2.06 bits per heavy atom. The molecule has 0 fully saturated rings. The predicted octanol–water partition coefficient (Wildman–Crippen LogP) is 3.11. The first-order valence-corrected chi connectivity index (χ1v) is 5.78. The molecule has 0 saturated carbocycles. The monoisotopic (exact) mass is 234 g/mol. The maximum absolute atomic E-state index is 4.59. The van der Waals surface area contributed by atoms with Crippen molar-refractivity contribution in [2.75, 3.05) is 0 Å². The van der Waals surface area contributed by atoms with Crippen LogP contribution in [-0.4, -0.2) is 19.9 Å². The molecule has 4 aromatic heterocycles. The zero-order valence-electron chi connectivity index (χ0n) is 9.51. The van der Waals surface area contributed by atoms with Gasteiger partial charge in [-0.3, -0.25) is 4.98 Å². The van der Waals surface area contributed by atoms with E-state index in [9.17, 15) is 0 Å². The highest BCUT2D eigenvalue weighted by atomic mass is 14.9. The summed E-state index contributed by atoms with van der Waals surface area (Å²) in [6.07, 6.45) is 3.69. The van der Waals surface area contributed by atoms with E-state index < -0.39 is 0 Å². The first-order chi connectivity index (χ1) is 8.90. The number of pyridine rings is 2. The molecule has 0 aliphatic heterocycles. The third-order valence-corrected chi connectivity index (χ3v) is 3.07. The van der Waals surface area contributed by atoms with Crippen molar-refractivity contribution in [1.82, 2.24) is 19.9 Å². The molecule has 4 heteroatoms. The Hall–Kier alpha value is -2.62. The summed E-state index contributed by atoms with van der Waals surface area (Å²) in [5.74, 6) is 0. The molecule has 0 aromatic carbocycles. The molecule has 0 amide bonds. The molecule has 0 atom stereocenters. The smallest absolute Gasteiger partial charge is 0.138 e. The van der Waals surface area contributed by atoms with Crippen molar-refractivity contribution in [1.29, 1.82) is 0 Å². The van der Waals surface area contributed by atoms with Crippen LogP contribution in [0.15, 0.2) is 48.8 Å². The van der Waals surface area contributed by atoms with Crippen LogP contribution in [0.2, 0.25) is 0 Å². The first kappa shape index (κ1) is 9.41. The Balaban J connectivity index is 1.94. The van der Waals surface area contributed by atoms with Crippen molar-refractivity contribution in [3.63, 3.8) is 0 Å². The third-order valence-electron chi connectivity index (χ3n) is 3.07. The van der Waals surface area contributed by atoms with E-state index in [1.54, 1.807) is 6.20 Å². The number of hydrogen-bond acceptors (Lipinski definition) is 2. The first-order valence-electron chi connectivity index (χ1n) is 5.78. The predicted molar refractivity (Wildman–Crippen MR) is 71.2 cm³/mol. The Labute approximate surface area is 103 Å². The fourth-order valence-corrected chi connectivity index (χ4v) is 2.17. The summed E-state index contributed by atoms with van der Waals surface area (Å²) in [4.78, 5) is 15.4. The largest absolute Gasteiger partial charge is 0.352 e. The molecule has 4 aromatic rings. The molecule has 86 valence electrons. The van der Waals surface area contributed by atoms with E-state index in [0.717, 1.165) is 33.5 Å². The molecule has 0 spiro atoms. The summed E-state index contributed by atoms with van der Waals surface area (Å²) in [7, 11) is 0. The lowest BCUT2D eigenvalue weighted by atomic mass is 10.2. The minimum absolute atomic E-state index is 0.902. The van der Waals surface area contributed by atoms with Gasteiger partial charge < -0.3 is 9.97 Å². The van der Waals surface area contributed by atoms with Gasteiger partial charge in [0, 0.05) is 17.8 Å². The lowest BCUT2D eigenvalue weighted by Gasteiger charge is -1.96. The molecule has 2 N–H and O–H groups in total. The van der Waals surface area contributed by atoms with Gasteiger partial charge in [0.1, 0.15) is 5.65 Å². The fourth-order valence-electron chi connectivity index (χ4n) is 2.17. The highest BCUT2D eigenvalue weighted by Gasteiger charge is 2.06. The van der Waals surface area contributed by atoms with Gasteiger partial charge in [0.05, 0.1) is 22.4 Å². The number of aromatic amines is 2. The average molecular weight is 234 g/mol. The van der Waals surface area contributed by atoms with Crippen LogP contribution < -0.4 is 0 Å². The van der Waals surface area contributed by atoms with Crippen molar-refractivity contribution in [2.45, 2.75) is 0 Å². The number of H-pyrrole nitrogens is 2. The minimum atomic E-state index is 0.902. The Kier molecular flexibility index (Phi) is 1.80. The summed E-state index contributed by atoms with van der Waals surface area (Å²) in [6, 6.07) is 12.0. The Morgan fingerprint density at radius 3 is 3.00 bits per heavy atom. The van der Waals surface area contributed by atoms with Crippen LogP contribution in [0.4, 0.5) is 0 Å². The van der Waals surface area contributed by atoms with Crippen LogP contribution in [0.25, 0.3) is 33.5 Å². The quantitative estimate of drug-likeness (QED) is 0.531. The van der Waals surface area contributed by atoms with Crippen molar-refractivity contribution >= 4 is 22.1 Å². The molecule has 18 heavy (non-hydrogen) atoms. The topological polar surface area (TPSA) is 57.4 Å². The maximum Gasteiger partial charge on any atom is 0.138 e. The summed E-state index contributed by atoms with van der Waals surface area (Å²) >= 11 is 0. The molecule has 0 radical (unpaired) electrons. The normalized spacial score (nSPS) is 11.3. The van der Waals surface area contributed by atoms with E-state index in [0.29, 0.717) is 0 Å². The molecule has 4 heterocycles. The SMILES string of the molecule is c1cnc2cc(-c3ccc4cc[nH]c4n3)[nH]c2c1.